The number of likely N-dealkylation sites (N-methyl/N-ethyl adjacent to an activating group) is 1. The molecule has 146 valence electrons. The maximum absolute atomic E-state index is 12.6. The van der Waals surface area contributed by atoms with Crippen LogP contribution >= 0.6 is 0 Å². The Morgan fingerprint density at radius 3 is 2.46 bits per heavy atom. The Morgan fingerprint density at radius 1 is 1.07 bits per heavy atom. The van der Waals surface area contributed by atoms with Crippen LogP contribution in [0.3, 0.4) is 0 Å². The van der Waals surface area contributed by atoms with E-state index in [2.05, 4.69) is 41.3 Å². The van der Waals surface area contributed by atoms with Crippen molar-refractivity contribution in [1.82, 2.24) is 20.0 Å². The molecule has 1 heterocycles. The summed E-state index contributed by atoms with van der Waals surface area (Å²) in [5.74, 6) is -0.130. The van der Waals surface area contributed by atoms with Gasteiger partial charge in [0, 0.05) is 11.9 Å². The fraction of sp³-hybridized carbons (Fsp3) is 0.318. The van der Waals surface area contributed by atoms with Crippen LogP contribution in [-0.2, 0) is 11.3 Å². The molecule has 0 radical (unpaired) electrons. The summed E-state index contributed by atoms with van der Waals surface area (Å²) in [4.78, 5) is 26.9. The second-order valence-corrected chi connectivity index (χ2v) is 6.64. The summed E-state index contributed by atoms with van der Waals surface area (Å²) < 4.78 is 1.57. The second kappa shape index (κ2) is 9.28. The SMILES string of the molecule is CCN(CC)C(CNC(=O)Cn1ncc(=O)c2ccccc21)c1ccccc1. The van der Waals surface area contributed by atoms with Gasteiger partial charge in [0.2, 0.25) is 11.3 Å². The molecule has 3 rings (SSSR count). The van der Waals surface area contributed by atoms with E-state index in [1.165, 1.54) is 11.8 Å². The van der Waals surface area contributed by atoms with Crippen LogP contribution in [0.4, 0.5) is 0 Å². The number of hydrogen-bond acceptors (Lipinski definition) is 4. The number of amides is 1. The molecule has 6 heteroatoms. The highest BCUT2D eigenvalue weighted by molar-refractivity contribution is 5.81. The molecule has 0 aliphatic rings. The molecule has 0 spiro atoms. The van der Waals surface area contributed by atoms with Crippen LogP contribution in [0, 0.1) is 0 Å². The van der Waals surface area contributed by atoms with Gasteiger partial charge in [0.25, 0.3) is 0 Å². The number of benzene rings is 2. The molecule has 0 saturated carbocycles. The Labute approximate surface area is 164 Å². The van der Waals surface area contributed by atoms with E-state index >= 15 is 0 Å². The van der Waals surface area contributed by atoms with Crippen LogP contribution < -0.4 is 10.7 Å². The van der Waals surface area contributed by atoms with Gasteiger partial charge < -0.3 is 5.32 Å². The maximum atomic E-state index is 12.6. The zero-order valence-corrected chi connectivity index (χ0v) is 16.3. The summed E-state index contributed by atoms with van der Waals surface area (Å²) in [6, 6.07) is 17.5. The zero-order valence-electron chi connectivity index (χ0n) is 16.3. The first-order valence-corrected chi connectivity index (χ1v) is 9.64. The van der Waals surface area contributed by atoms with Gasteiger partial charge in [-0.25, -0.2) is 0 Å². The number of aromatic nitrogens is 2. The van der Waals surface area contributed by atoms with E-state index < -0.39 is 0 Å². The van der Waals surface area contributed by atoms with Crippen LogP contribution in [0.2, 0.25) is 0 Å². The number of hydrogen-bond donors (Lipinski definition) is 1. The van der Waals surface area contributed by atoms with Crippen molar-refractivity contribution in [2.75, 3.05) is 19.6 Å². The maximum Gasteiger partial charge on any atom is 0.241 e. The van der Waals surface area contributed by atoms with E-state index in [9.17, 15) is 9.59 Å². The Balaban J connectivity index is 1.74. The molecule has 1 aromatic heterocycles. The average molecular weight is 378 g/mol. The average Bonchev–Trinajstić information content (AvgIpc) is 2.74. The minimum Gasteiger partial charge on any atom is -0.353 e. The van der Waals surface area contributed by atoms with Gasteiger partial charge in [0.05, 0.1) is 17.8 Å². The fourth-order valence-electron chi connectivity index (χ4n) is 3.49. The molecule has 1 amide bonds. The molecule has 1 unspecified atom stereocenters. The van der Waals surface area contributed by atoms with E-state index in [1.807, 2.05) is 30.3 Å². The summed E-state index contributed by atoms with van der Waals surface area (Å²) in [5, 5.41) is 7.74. The molecule has 0 aliphatic heterocycles. The van der Waals surface area contributed by atoms with Crippen molar-refractivity contribution >= 4 is 16.8 Å². The van der Waals surface area contributed by atoms with E-state index in [4.69, 9.17) is 0 Å². The minimum absolute atomic E-state index is 0.0700. The van der Waals surface area contributed by atoms with Gasteiger partial charge in [-0.2, -0.15) is 5.10 Å². The predicted octanol–water partition coefficient (Wildman–Crippen LogP) is 2.60. The Kier molecular flexibility index (Phi) is 6.55. The van der Waals surface area contributed by atoms with Crippen LogP contribution in [0.25, 0.3) is 10.9 Å². The lowest BCUT2D eigenvalue weighted by Crippen LogP contribution is -2.39. The first kappa shape index (κ1) is 19.8. The number of fused-ring (bicyclic) bond motifs is 1. The number of nitrogens with one attached hydrogen (secondary N) is 1. The van der Waals surface area contributed by atoms with E-state index in [0.717, 1.165) is 13.1 Å². The lowest BCUT2D eigenvalue weighted by Gasteiger charge is -2.30. The highest BCUT2D eigenvalue weighted by Gasteiger charge is 2.19. The first-order valence-electron chi connectivity index (χ1n) is 9.64. The molecule has 1 atom stereocenters. The fourth-order valence-corrected chi connectivity index (χ4v) is 3.49. The molecule has 0 fully saturated rings. The van der Waals surface area contributed by atoms with Crippen molar-refractivity contribution in [2.45, 2.75) is 26.4 Å². The highest BCUT2D eigenvalue weighted by atomic mass is 16.2. The molecule has 1 N–H and O–H groups in total. The Bertz CT molecular complexity index is 980. The molecule has 0 aliphatic carbocycles. The highest BCUT2D eigenvalue weighted by Crippen LogP contribution is 2.19. The van der Waals surface area contributed by atoms with Gasteiger partial charge in [-0.3, -0.25) is 19.2 Å². The van der Waals surface area contributed by atoms with Crippen LogP contribution in [0.1, 0.15) is 25.5 Å². The molecule has 0 bridgehead atoms. The number of rotatable bonds is 8. The van der Waals surface area contributed by atoms with E-state index in [0.29, 0.717) is 17.4 Å². The first-order chi connectivity index (χ1) is 13.6. The van der Waals surface area contributed by atoms with Gasteiger partial charge in [-0.15, -0.1) is 0 Å². The summed E-state index contributed by atoms with van der Waals surface area (Å²) in [6.07, 6.45) is 1.26. The Morgan fingerprint density at radius 2 is 1.75 bits per heavy atom. The summed E-state index contributed by atoms with van der Waals surface area (Å²) in [6.45, 7) is 6.63. The smallest absolute Gasteiger partial charge is 0.241 e. The summed E-state index contributed by atoms with van der Waals surface area (Å²) in [5.41, 5.74) is 1.70. The standard InChI is InChI=1S/C22H26N4O2/c1-3-25(4-2)20(17-10-6-5-7-11-17)14-23-22(28)16-26-19-13-9-8-12-18(19)21(27)15-24-26/h5-13,15,20H,3-4,14,16H2,1-2H3,(H,23,28). The largest absolute Gasteiger partial charge is 0.353 e. The van der Waals surface area contributed by atoms with Gasteiger partial charge in [-0.05, 0) is 30.8 Å². The van der Waals surface area contributed by atoms with Gasteiger partial charge in [-0.1, -0.05) is 56.3 Å². The predicted molar refractivity (Wildman–Crippen MR) is 111 cm³/mol. The lowest BCUT2D eigenvalue weighted by molar-refractivity contribution is -0.122. The van der Waals surface area contributed by atoms with Crippen molar-refractivity contribution in [3.05, 3.63) is 76.6 Å². The number of nitrogens with zero attached hydrogens (tertiary/aromatic N) is 3. The summed E-state index contributed by atoms with van der Waals surface area (Å²) in [7, 11) is 0. The molecule has 0 saturated heterocycles. The van der Waals surface area contributed by atoms with Crippen LogP contribution in [0.5, 0.6) is 0 Å². The minimum atomic E-state index is -0.141. The third-order valence-corrected chi connectivity index (χ3v) is 4.99. The second-order valence-electron chi connectivity index (χ2n) is 6.64. The van der Waals surface area contributed by atoms with E-state index in [-0.39, 0.29) is 23.9 Å². The zero-order chi connectivity index (χ0) is 19.9. The van der Waals surface area contributed by atoms with Gasteiger partial charge in [0.1, 0.15) is 6.54 Å². The molecular formula is C22H26N4O2. The van der Waals surface area contributed by atoms with Gasteiger partial charge >= 0.3 is 0 Å². The lowest BCUT2D eigenvalue weighted by atomic mass is 10.1. The number of carbonyl (C=O) groups is 1. The monoisotopic (exact) mass is 378 g/mol. The molecule has 2 aromatic carbocycles. The van der Waals surface area contributed by atoms with Crippen LogP contribution in [0.15, 0.2) is 65.6 Å². The van der Waals surface area contributed by atoms with Crippen molar-refractivity contribution in [2.24, 2.45) is 0 Å². The number of para-hydroxylation sites is 1. The molecule has 6 nitrogen and oxygen atoms in total. The van der Waals surface area contributed by atoms with Crippen molar-refractivity contribution < 1.29 is 4.79 Å². The molecule has 3 aromatic rings. The number of carbonyl (C=O) groups excluding carboxylic acids is 1. The van der Waals surface area contributed by atoms with Crippen molar-refractivity contribution in [3.63, 3.8) is 0 Å². The molecule has 28 heavy (non-hydrogen) atoms. The Hall–Kier alpha value is -2.99. The van der Waals surface area contributed by atoms with E-state index in [1.54, 1.807) is 16.8 Å². The quantitative estimate of drug-likeness (QED) is 0.654. The third-order valence-electron chi connectivity index (χ3n) is 4.99. The summed E-state index contributed by atoms with van der Waals surface area (Å²) >= 11 is 0. The molecular weight excluding hydrogens is 352 g/mol. The normalized spacial score (nSPS) is 12.2. The van der Waals surface area contributed by atoms with Gasteiger partial charge in [0.15, 0.2) is 0 Å². The van der Waals surface area contributed by atoms with Crippen molar-refractivity contribution in [1.29, 1.82) is 0 Å². The topological polar surface area (TPSA) is 67.2 Å². The van der Waals surface area contributed by atoms with Crippen molar-refractivity contribution in [3.8, 4) is 0 Å². The van der Waals surface area contributed by atoms with Crippen LogP contribution in [-0.4, -0.2) is 40.2 Å². The third kappa shape index (κ3) is 4.46.